The van der Waals surface area contributed by atoms with Crippen LogP contribution in [-0.4, -0.2) is 30.1 Å². The Morgan fingerprint density at radius 1 is 0.889 bits per heavy atom. The third-order valence-electron chi connectivity index (χ3n) is 6.27. The summed E-state index contributed by atoms with van der Waals surface area (Å²) < 4.78 is 45.5. The molecule has 0 aliphatic carbocycles. The molecule has 4 aromatic carbocycles. The maximum atomic E-state index is 13.4. The largest absolute Gasteiger partial charge is 0.497 e. The highest BCUT2D eigenvalue weighted by Crippen LogP contribution is 2.37. The van der Waals surface area contributed by atoms with Gasteiger partial charge in [0.05, 0.1) is 23.6 Å². The quantitative estimate of drug-likeness (QED) is 0.119. The Morgan fingerprint density at radius 2 is 1.60 bits per heavy atom. The standard InChI is InChI=1S/C33H27ClF3N3O4S/c1-20(30(41)39-28-16-11-23(34)19-27(28)33(35,36)37)45-26-14-12-24(13-15-26)38-32(43)29(18-21-7-6-10-25(17-21)44-2)40-31(42)22-8-4-3-5-9-22/h3-20H,1-2H3,(H,38,43)(H,39,41)(H,40,42)/b29-18-. The van der Waals surface area contributed by atoms with E-state index in [1.54, 1.807) is 85.8 Å². The van der Waals surface area contributed by atoms with Crippen LogP contribution in [0.2, 0.25) is 5.02 Å². The summed E-state index contributed by atoms with van der Waals surface area (Å²) in [6.07, 6.45) is -3.17. The molecular weight excluding hydrogens is 627 g/mol. The van der Waals surface area contributed by atoms with E-state index in [1.807, 2.05) is 0 Å². The van der Waals surface area contributed by atoms with Crippen molar-refractivity contribution in [1.29, 1.82) is 0 Å². The van der Waals surface area contributed by atoms with Gasteiger partial charge in [-0.05, 0) is 85.3 Å². The average molecular weight is 654 g/mol. The van der Waals surface area contributed by atoms with Crippen molar-refractivity contribution in [2.75, 3.05) is 17.7 Å². The van der Waals surface area contributed by atoms with Crippen molar-refractivity contribution >= 4 is 58.5 Å². The third-order valence-corrected chi connectivity index (χ3v) is 7.62. The number of nitrogens with one attached hydrogen (secondary N) is 3. The van der Waals surface area contributed by atoms with E-state index in [1.165, 1.54) is 19.3 Å². The Morgan fingerprint density at radius 3 is 2.27 bits per heavy atom. The first-order valence-electron chi connectivity index (χ1n) is 13.4. The highest BCUT2D eigenvalue weighted by Gasteiger charge is 2.34. The molecule has 0 radical (unpaired) electrons. The van der Waals surface area contributed by atoms with Crippen LogP contribution >= 0.6 is 23.4 Å². The first-order chi connectivity index (χ1) is 21.4. The molecule has 3 N–H and O–H groups in total. The Labute approximate surface area is 266 Å². The predicted octanol–water partition coefficient (Wildman–Crippen LogP) is 7.90. The van der Waals surface area contributed by atoms with Gasteiger partial charge in [-0.1, -0.05) is 41.9 Å². The topological polar surface area (TPSA) is 96.5 Å². The average Bonchev–Trinajstić information content (AvgIpc) is 3.02. The lowest BCUT2D eigenvalue weighted by molar-refractivity contribution is -0.137. The Kier molecular flexibility index (Phi) is 10.9. The van der Waals surface area contributed by atoms with Gasteiger partial charge in [-0.3, -0.25) is 14.4 Å². The zero-order valence-corrected chi connectivity index (χ0v) is 25.5. The van der Waals surface area contributed by atoms with Crippen LogP contribution in [-0.2, 0) is 15.8 Å². The molecule has 4 aromatic rings. The smallest absolute Gasteiger partial charge is 0.418 e. The zero-order valence-electron chi connectivity index (χ0n) is 23.9. The fourth-order valence-corrected chi connectivity index (χ4v) is 5.05. The second-order valence-corrected chi connectivity index (χ2v) is 11.4. The lowest BCUT2D eigenvalue weighted by atomic mass is 10.1. The fourth-order valence-electron chi connectivity index (χ4n) is 4.01. The van der Waals surface area contributed by atoms with Crippen LogP contribution in [0.1, 0.15) is 28.4 Å². The number of hydrogen-bond donors (Lipinski definition) is 3. The molecule has 1 unspecified atom stereocenters. The molecule has 0 aliphatic rings. The second-order valence-electron chi connectivity index (χ2n) is 9.57. The van der Waals surface area contributed by atoms with Crippen LogP contribution in [0.3, 0.4) is 0 Å². The van der Waals surface area contributed by atoms with E-state index in [0.29, 0.717) is 27.5 Å². The number of halogens is 4. The summed E-state index contributed by atoms with van der Waals surface area (Å²) >= 11 is 6.84. The van der Waals surface area contributed by atoms with Gasteiger partial charge in [0.25, 0.3) is 11.8 Å². The molecule has 12 heteroatoms. The number of carbonyl (C=O) groups excluding carboxylic acids is 3. The normalized spacial score (nSPS) is 12.2. The number of amides is 3. The number of hydrogen-bond acceptors (Lipinski definition) is 5. The minimum absolute atomic E-state index is 0.0127. The van der Waals surface area contributed by atoms with Gasteiger partial charge in [0.2, 0.25) is 5.91 Å². The van der Waals surface area contributed by atoms with Crippen LogP contribution in [0.4, 0.5) is 24.5 Å². The highest BCUT2D eigenvalue weighted by molar-refractivity contribution is 8.00. The molecule has 0 saturated heterocycles. The maximum Gasteiger partial charge on any atom is 0.418 e. The van der Waals surface area contributed by atoms with E-state index in [4.69, 9.17) is 16.3 Å². The van der Waals surface area contributed by atoms with Crippen LogP contribution in [0.5, 0.6) is 5.75 Å². The Balaban J connectivity index is 1.45. The van der Waals surface area contributed by atoms with E-state index >= 15 is 0 Å². The van der Waals surface area contributed by atoms with Gasteiger partial charge >= 0.3 is 6.18 Å². The Hall–Kier alpha value is -4.74. The molecule has 1 atom stereocenters. The number of methoxy groups -OCH3 is 1. The summed E-state index contributed by atoms with van der Waals surface area (Å²) in [6.45, 7) is 1.56. The molecule has 0 spiro atoms. The lowest BCUT2D eigenvalue weighted by Crippen LogP contribution is -2.30. The zero-order chi connectivity index (χ0) is 32.6. The van der Waals surface area contributed by atoms with Gasteiger partial charge in [0.1, 0.15) is 11.4 Å². The first-order valence-corrected chi connectivity index (χ1v) is 14.7. The summed E-state index contributed by atoms with van der Waals surface area (Å²) in [7, 11) is 1.52. The number of anilines is 2. The van der Waals surface area contributed by atoms with Gasteiger partial charge in [-0.2, -0.15) is 13.2 Å². The van der Waals surface area contributed by atoms with E-state index in [-0.39, 0.29) is 16.4 Å². The molecule has 4 rings (SSSR count). The summed E-state index contributed by atoms with van der Waals surface area (Å²) in [4.78, 5) is 39.5. The molecule has 0 saturated carbocycles. The lowest BCUT2D eigenvalue weighted by Gasteiger charge is -2.17. The van der Waals surface area contributed by atoms with E-state index in [0.717, 1.165) is 23.9 Å². The molecule has 0 aromatic heterocycles. The predicted molar refractivity (Wildman–Crippen MR) is 170 cm³/mol. The minimum Gasteiger partial charge on any atom is -0.497 e. The highest BCUT2D eigenvalue weighted by atomic mass is 35.5. The van der Waals surface area contributed by atoms with E-state index in [9.17, 15) is 27.6 Å². The minimum atomic E-state index is -4.70. The Bertz CT molecular complexity index is 1710. The number of benzene rings is 4. The van der Waals surface area contributed by atoms with Gasteiger partial charge in [-0.25, -0.2) is 0 Å². The van der Waals surface area contributed by atoms with Crippen molar-refractivity contribution in [3.05, 3.63) is 124 Å². The molecule has 0 bridgehead atoms. The van der Waals surface area contributed by atoms with Crippen molar-refractivity contribution in [2.45, 2.75) is 23.2 Å². The molecule has 232 valence electrons. The molecular formula is C33H27ClF3N3O4S. The number of ether oxygens (including phenoxy) is 1. The first kappa shape index (κ1) is 33.2. The maximum absolute atomic E-state index is 13.4. The van der Waals surface area contributed by atoms with Crippen LogP contribution in [0.15, 0.2) is 108 Å². The van der Waals surface area contributed by atoms with E-state index < -0.39 is 34.7 Å². The second kappa shape index (κ2) is 14.8. The molecule has 7 nitrogen and oxygen atoms in total. The SMILES string of the molecule is COc1cccc(/C=C(\NC(=O)c2ccccc2)C(=O)Nc2ccc(SC(C)C(=O)Nc3ccc(Cl)cc3C(F)(F)F)cc2)c1. The number of thioether (sulfide) groups is 1. The van der Waals surface area contributed by atoms with Crippen molar-refractivity contribution in [3.8, 4) is 5.75 Å². The fraction of sp³-hybridized carbons (Fsp3) is 0.121. The molecule has 0 fully saturated rings. The van der Waals surface area contributed by atoms with Crippen molar-refractivity contribution in [1.82, 2.24) is 5.32 Å². The van der Waals surface area contributed by atoms with Crippen molar-refractivity contribution < 1.29 is 32.3 Å². The number of carbonyl (C=O) groups is 3. The van der Waals surface area contributed by atoms with Crippen molar-refractivity contribution in [3.63, 3.8) is 0 Å². The van der Waals surface area contributed by atoms with Gasteiger partial charge < -0.3 is 20.7 Å². The van der Waals surface area contributed by atoms with Crippen LogP contribution in [0, 0.1) is 0 Å². The third kappa shape index (κ3) is 9.37. The van der Waals surface area contributed by atoms with Crippen LogP contribution in [0.25, 0.3) is 6.08 Å². The van der Waals surface area contributed by atoms with Crippen LogP contribution < -0.4 is 20.7 Å². The summed E-state index contributed by atoms with van der Waals surface area (Å²) in [6, 6.07) is 25.1. The summed E-state index contributed by atoms with van der Waals surface area (Å²) in [5, 5.41) is 6.89. The molecule has 0 aliphatic heterocycles. The van der Waals surface area contributed by atoms with Gasteiger partial charge in [0.15, 0.2) is 0 Å². The van der Waals surface area contributed by atoms with Gasteiger partial charge in [-0.15, -0.1) is 11.8 Å². The van der Waals surface area contributed by atoms with Gasteiger partial charge in [0, 0.05) is 21.2 Å². The monoisotopic (exact) mass is 653 g/mol. The van der Waals surface area contributed by atoms with E-state index in [2.05, 4.69) is 16.0 Å². The molecule has 45 heavy (non-hydrogen) atoms. The molecule has 0 heterocycles. The molecule has 3 amide bonds. The summed E-state index contributed by atoms with van der Waals surface area (Å²) in [5.41, 5.74) is -0.0518. The number of rotatable bonds is 10. The summed E-state index contributed by atoms with van der Waals surface area (Å²) in [5.74, 6) is -1.12. The van der Waals surface area contributed by atoms with Crippen molar-refractivity contribution in [2.24, 2.45) is 0 Å². The number of alkyl halides is 3.